The van der Waals surface area contributed by atoms with Crippen molar-refractivity contribution in [3.63, 3.8) is 0 Å². The molecule has 0 aliphatic heterocycles. The Kier molecular flexibility index (Phi) is 15.5. The average Bonchev–Trinajstić information content (AvgIpc) is 2.90. The van der Waals surface area contributed by atoms with Crippen LogP contribution >= 0.6 is 0 Å². The Balaban J connectivity index is 1.25. The SMILES string of the molecule is C#Cc1ccc(OCCOCCOCCOCCOCCOCCOc2ccc(C#C)cc2)cc1. The van der Waals surface area contributed by atoms with E-state index in [-0.39, 0.29) is 0 Å². The first kappa shape index (κ1) is 28.2. The third-order valence-electron chi connectivity index (χ3n) is 4.52. The van der Waals surface area contributed by atoms with Gasteiger partial charge in [-0.15, -0.1) is 12.8 Å². The highest BCUT2D eigenvalue weighted by atomic mass is 16.6. The number of hydrogen-bond donors (Lipinski definition) is 0. The van der Waals surface area contributed by atoms with E-state index < -0.39 is 0 Å². The van der Waals surface area contributed by atoms with Crippen molar-refractivity contribution in [3.8, 4) is 36.2 Å². The molecule has 0 aliphatic carbocycles. The van der Waals surface area contributed by atoms with E-state index in [1.54, 1.807) is 0 Å². The fourth-order valence-corrected chi connectivity index (χ4v) is 2.71. The van der Waals surface area contributed by atoms with Crippen LogP contribution in [0.4, 0.5) is 0 Å². The molecule has 7 nitrogen and oxygen atoms in total. The Morgan fingerprint density at radius 1 is 0.400 bits per heavy atom. The van der Waals surface area contributed by atoms with Crippen LogP contribution in [-0.4, -0.2) is 79.3 Å². The molecule has 35 heavy (non-hydrogen) atoms. The van der Waals surface area contributed by atoms with Crippen molar-refractivity contribution >= 4 is 0 Å². The lowest BCUT2D eigenvalue weighted by atomic mass is 10.2. The van der Waals surface area contributed by atoms with Crippen LogP contribution < -0.4 is 9.47 Å². The predicted molar refractivity (Wildman–Crippen MR) is 134 cm³/mol. The van der Waals surface area contributed by atoms with Crippen LogP contribution in [0.2, 0.25) is 0 Å². The summed E-state index contributed by atoms with van der Waals surface area (Å²) < 4.78 is 38.5. The zero-order valence-corrected chi connectivity index (χ0v) is 20.1. The summed E-state index contributed by atoms with van der Waals surface area (Å²) >= 11 is 0. The molecule has 0 radical (unpaired) electrons. The molecule has 7 heteroatoms. The van der Waals surface area contributed by atoms with E-state index in [1.807, 2.05) is 48.5 Å². The molecule has 0 N–H and O–H groups in total. The monoisotopic (exact) mass is 482 g/mol. The van der Waals surface area contributed by atoms with Crippen LogP contribution in [0, 0.1) is 24.7 Å². The van der Waals surface area contributed by atoms with Gasteiger partial charge >= 0.3 is 0 Å². The first-order valence-corrected chi connectivity index (χ1v) is 11.6. The van der Waals surface area contributed by atoms with Crippen molar-refractivity contribution in [2.75, 3.05) is 79.3 Å². The maximum absolute atomic E-state index is 5.57. The van der Waals surface area contributed by atoms with Crippen molar-refractivity contribution in [2.45, 2.75) is 0 Å². The number of terminal acetylenes is 2. The molecule has 0 atom stereocenters. The van der Waals surface area contributed by atoms with Crippen LogP contribution in [-0.2, 0) is 23.7 Å². The predicted octanol–water partition coefficient (Wildman–Crippen LogP) is 3.19. The highest BCUT2D eigenvalue weighted by molar-refractivity contribution is 5.37. The van der Waals surface area contributed by atoms with Gasteiger partial charge in [0.25, 0.3) is 0 Å². The lowest BCUT2D eigenvalue weighted by Crippen LogP contribution is -2.15. The topological polar surface area (TPSA) is 64.6 Å². The standard InChI is InChI=1S/C28H34O7/c1-3-25-5-9-27(10-6-25)34-23-21-32-19-17-30-15-13-29-14-16-31-18-20-33-22-24-35-28-11-7-26(4-2)8-12-28/h1-2,5-12H,13-24H2. The minimum atomic E-state index is 0.472. The summed E-state index contributed by atoms with van der Waals surface area (Å²) in [6, 6.07) is 14.7. The number of ether oxygens (including phenoxy) is 7. The quantitative estimate of drug-likeness (QED) is 0.212. The van der Waals surface area contributed by atoms with Crippen LogP contribution in [0.5, 0.6) is 11.5 Å². The molecule has 0 spiro atoms. The van der Waals surface area contributed by atoms with Gasteiger partial charge in [-0.25, -0.2) is 0 Å². The Morgan fingerprint density at radius 3 is 0.914 bits per heavy atom. The fourth-order valence-electron chi connectivity index (χ4n) is 2.71. The fraction of sp³-hybridized carbons (Fsp3) is 0.429. The van der Waals surface area contributed by atoms with Gasteiger partial charge in [0.15, 0.2) is 0 Å². The van der Waals surface area contributed by atoms with E-state index in [4.69, 9.17) is 46.0 Å². The molecule has 0 aliphatic rings. The van der Waals surface area contributed by atoms with E-state index in [2.05, 4.69) is 11.8 Å². The molecular formula is C28H34O7. The summed E-state index contributed by atoms with van der Waals surface area (Å²) in [7, 11) is 0. The van der Waals surface area contributed by atoms with Crippen molar-refractivity contribution in [1.29, 1.82) is 0 Å². The Hall–Kier alpha value is -3.04. The van der Waals surface area contributed by atoms with Crippen LogP contribution in [0.3, 0.4) is 0 Å². The van der Waals surface area contributed by atoms with Crippen molar-refractivity contribution in [3.05, 3.63) is 59.7 Å². The van der Waals surface area contributed by atoms with E-state index in [1.165, 1.54) is 0 Å². The lowest BCUT2D eigenvalue weighted by Gasteiger charge is -2.09. The summed E-state index contributed by atoms with van der Waals surface area (Å²) in [6.07, 6.45) is 10.6. The molecule has 0 bridgehead atoms. The average molecular weight is 483 g/mol. The van der Waals surface area contributed by atoms with Gasteiger partial charge < -0.3 is 33.2 Å². The minimum Gasteiger partial charge on any atom is -0.491 e. The van der Waals surface area contributed by atoms with E-state index in [9.17, 15) is 0 Å². The molecule has 0 unspecified atom stereocenters. The van der Waals surface area contributed by atoms with Gasteiger partial charge in [0.1, 0.15) is 24.7 Å². The second-order valence-electron chi connectivity index (χ2n) is 7.10. The molecule has 0 amide bonds. The van der Waals surface area contributed by atoms with Gasteiger partial charge in [-0.05, 0) is 48.5 Å². The van der Waals surface area contributed by atoms with Gasteiger partial charge in [-0.1, -0.05) is 11.8 Å². The summed E-state index contributed by atoms with van der Waals surface area (Å²) in [6.45, 7) is 5.99. The second-order valence-corrected chi connectivity index (χ2v) is 7.10. The van der Waals surface area contributed by atoms with Crippen LogP contribution in [0.15, 0.2) is 48.5 Å². The summed E-state index contributed by atoms with van der Waals surface area (Å²) in [5.74, 6) is 6.67. The molecule has 0 aromatic heterocycles. The maximum atomic E-state index is 5.57. The Bertz CT molecular complexity index is 793. The second kappa shape index (κ2) is 19.3. The molecular weight excluding hydrogens is 448 g/mol. The van der Waals surface area contributed by atoms with Crippen molar-refractivity contribution in [2.24, 2.45) is 0 Å². The Labute approximate surface area is 208 Å². The Morgan fingerprint density at radius 2 is 0.657 bits per heavy atom. The smallest absolute Gasteiger partial charge is 0.119 e. The van der Waals surface area contributed by atoms with Crippen molar-refractivity contribution in [1.82, 2.24) is 0 Å². The third kappa shape index (κ3) is 14.1. The van der Waals surface area contributed by atoms with Gasteiger partial charge in [0, 0.05) is 11.1 Å². The molecule has 2 aromatic carbocycles. The van der Waals surface area contributed by atoms with Gasteiger partial charge in [0.2, 0.25) is 0 Å². The zero-order valence-electron chi connectivity index (χ0n) is 20.1. The molecule has 2 aromatic rings. The summed E-state index contributed by atoms with van der Waals surface area (Å²) in [5.41, 5.74) is 1.66. The number of hydrogen-bond acceptors (Lipinski definition) is 7. The molecule has 2 rings (SSSR count). The number of benzene rings is 2. The van der Waals surface area contributed by atoms with E-state index in [0.29, 0.717) is 79.3 Å². The summed E-state index contributed by atoms with van der Waals surface area (Å²) in [4.78, 5) is 0. The van der Waals surface area contributed by atoms with E-state index in [0.717, 1.165) is 22.6 Å². The molecule has 0 saturated heterocycles. The van der Waals surface area contributed by atoms with Crippen molar-refractivity contribution < 1.29 is 33.2 Å². The molecule has 0 heterocycles. The van der Waals surface area contributed by atoms with Crippen LogP contribution in [0.1, 0.15) is 11.1 Å². The van der Waals surface area contributed by atoms with E-state index >= 15 is 0 Å². The lowest BCUT2D eigenvalue weighted by molar-refractivity contribution is -0.0141. The molecule has 0 saturated carbocycles. The molecule has 0 fully saturated rings. The normalized spacial score (nSPS) is 10.5. The van der Waals surface area contributed by atoms with Gasteiger partial charge in [-0.2, -0.15) is 0 Å². The number of rotatable bonds is 20. The third-order valence-corrected chi connectivity index (χ3v) is 4.52. The zero-order chi connectivity index (χ0) is 24.8. The maximum Gasteiger partial charge on any atom is 0.119 e. The first-order chi connectivity index (χ1) is 17.3. The highest BCUT2D eigenvalue weighted by Crippen LogP contribution is 2.12. The summed E-state index contributed by atoms with van der Waals surface area (Å²) in [5, 5.41) is 0. The highest BCUT2D eigenvalue weighted by Gasteiger charge is 1.97. The first-order valence-electron chi connectivity index (χ1n) is 11.6. The van der Waals surface area contributed by atoms with Gasteiger partial charge in [-0.3, -0.25) is 0 Å². The largest absolute Gasteiger partial charge is 0.491 e. The van der Waals surface area contributed by atoms with Gasteiger partial charge in [0.05, 0.1) is 66.1 Å². The minimum absolute atomic E-state index is 0.472. The molecule has 188 valence electrons. The van der Waals surface area contributed by atoms with Crippen LogP contribution in [0.25, 0.3) is 0 Å².